The summed E-state index contributed by atoms with van der Waals surface area (Å²) in [6.45, 7) is 2.37. The minimum atomic E-state index is -0.500. The van der Waals surface area contributed by atoms with Crippen LogP contribution in [0.1, 0.15) is 39.4 Å². The number of halogens is 1. The van der Waals surface area contributed by atoms with Crippen molar-refractivity contribution in [2.45, 2.75) is 26.3 Å². The van der Waals surface area contributed by atoms with Crippen LogP contribution in [0, 0.1) is 10.1 Å². The summed E-state index contributed by atoms with van der Waals surface area (Å²) in [7, 11) is 0. The topological polar surface area (TPSA) is 91.2 Å². The molecule has 0 aromatic carbocycles. The summed E-state index contributed by atoms with van der Waals surface area (Å²) in [5.74, 6) is 1.04. The van der Waals surface area contributed by atoms with Crippen molar-refractivity contribution in [3.63, 3.8) is 0 Å². The van der Waals surface area contributed by atoms with E-state index >= 15 is 0 Å². The molecule has 3 aromatic rings. The lowest BCUT2D eigenvalue weighted by Gasteiger charge is -1.96. The summed E-state index contributed by atoms with van der Waals surface area (Å²) in [6.07, 6.45) is 7.59. The highest BCUT2D eigenvalue weighted by Gasteiger charge is 2.12. The first kappa shape index (κ1) is 19.2. The van der Waals surface area contributed by atoms with E-state index in [9.17, 15) is 14.9 Å². The van der Waals surface area contributed by atoms with Crippen molar-refractivity contribution in [1.29, 1.82) is 0 Å². The molecule has 0 N–H and O–H groups in total. The van der Waals surface area contributed by atoms with Gasteiger partial charge in [-0.2, -0.15) is 5.10 Å². The molecule has 9 heteroatoms. The van der Waals surface area contributed by atoms with Gasteiger partial charge in [0.15, 0.2) is 5.78 Å². The number of carbonyl (C=O) groups is 1. The maximum Gasteiger partial charge on any atom is 0.307 e. The van der Waals surface area contributed by atoms with Crippen molar-refractivity contribution >= 4 is 44.8 Å². The molecule has 140 valence electrons. The molecule has 0 radical (unpaired) electrons. The van der Waals surface area contributed by atoms with Crippen molar-refractivity contribution in [3.8, 4) is 0 Å². The zero-order chi connectivity index (χ0) is 19.4. The Morgan fingerprint density at radius 2 is 2.30 bits per heavy atom. The van der Waals surface area contributed by atoms with Gasteiger partial charge in [0.2, 0.25) is 0 Å². The monoisotopic (exact) mass is 449 g/mol. The van der Waals surface area contributed by atoms with Crippen LogP contribution >= 0.6 is 27.3 Å². The Balaban J connectivity index is 1.65. The number of aryl methyl sites for hydroxylation is 1. The van der Waals surface area contributed by atoms with Crippen LogP contribution in [0.3, 0.4) is 0 Å². The Hall–Kier alpha value is -2.52. The number of rotatable bonds is 8. The van der Waals surface area contributed by atoms with Gasteiger partial charge in [-0.1, -0.05) is 13.3 Å². The fourth-order valence-electron chi connectivity index (χ4n) is 2.43. The van der Waals surface area contributed by atoms with Crippen LogP contribution in [0.5, 0.6) is 0 Å². The number of aromatic nitrogens is 2. The highest BCUT2D eigenvalue weighted by molar-refractivity contribution is 9.10. The van der Waals surface area contributed by atoms with E-state index in [1.807, 2.05) is 6.07 Å². The molecule has 0 saturated carbocycles. The third kappa shape index (κ3) is 4.81. The van der Waals surface area contributed by atoms with E-state index in [-0.39, 0.29) is 18.0 Å². The van der Waals surface area contributed by atoms with Crippen LogP contribution in [0.2, 0.25) is 0 Å². The van der Waals surface area contributed by atoms with E-state index in [0.717, 1.165) is 17.3 Å². The molecule has 0 unspecified atom stereocenters. The van der Waals surface area contributed by atoms with Gasteiger partial charge in [-0.3, -0.25) is 19.6 Å². The van der Waals surface area contributed by atoms with Crippen molar-refractivity contribution in [3.05, 3.63) is 72.5 Å². The molecule has 0 aliphatic heterocycles. The lowest BCUT2D eigenvalue weighted by molar-refractivity contribution is -0.385. The number of carbonyl (C=O) groups excluding carboxylic acids is 1. The molecule has 0 aliphatic carbocycles. The quantitative estimate of drug-likeness (QED) is 0.206. The number of nitrogens with zero attached hydrogens (tertiary/aromatic N) is 3. The Bertz CT molecular complexity index is 1000. The number of ketones is 1. The Morgan fingerprint density at radius 3 is 3.00 bits per heavy atom. The molecule has 0 spiro atoms. The lowest BCUT2D eigenvalue weighted by atomic mass is 10.2. The van der Waals surface area contributed by atoms with Crippen molar-refractivity contribution in [2.75, 3.05) is 0 Å². The molecular weight excluding hydrogens is 434 g/mol. The van der Waals surface area contributed by atoms with Crippen LogP contribution in [0.15, 0.2) is 45.6 Å². The summed E-state index contributed by atoms with van der Waals surface area (Å²) >= 11 is 4.99. The van der Waals surface area contributed by atoms with Crippen molar-refractivity contribution < 1.29 is 14.1 Å². The van der Waals surface area contributed by atoms with Gasteiger partial charge in [0.05, 0.1) is 16.3 Å². The summed E-state index contributed by atoms with van der Waals surface area (Å²) in [4.78, 5) is 24.4. The number of hydrogen-bond acceptors (Lipinski definition) is 6. The van der Waals surface area contributed by atoms with Gasteiger partial charge in [0, 0.05) is 9.35 Å². The highest BCUT2D eigenvalue weighted by Crippen LogP contribution is 2.29. The van der Waals surface area contributed by atoms with E-state index in [1.165, 1.54) is 39.4 Å². The smallest absolute Gasteiger partial charge is 0.307 e. The molecule has 27 heavy (non-hydrogen) atoms. The summed E-state index contributed by atoms with van der Waals surface area (Å²) in [5.41, 5.74) is -0.0724. The highest BCUT2D eigenvalue weighted by atomic mass is 79.9. The standard InChI is InChI=1S/C18H16BrN3O4S/c1-2-3-17-15(19)8-18(27-17)16(23)7-6-13-4-5-14(26-13)11-21-10-12(9-20-21)22(24)25/h4-10H,2-3,11H2,1H3/b7-6+. The summed E-state index contributed by atoms with van der Waals surface area (Å²) in [5, 5.41) is 14.6. The number of allylic oxidation sites excluding steroid dienone is 1. The van der Waals surface area contributed by atoms with E-state index in [4.69, 9.17) is 4.42 Å². The SMILES string of the molecule is CCCc1sc(C(=O)/C=C/c2ccc(Cn3cc([N+](=O)[O-])cn3)o2)cc1Br. The van der Waals surface area contributed by atoms with Gasteiger partial charge in [-0.15, -0.1) is 11.3 Å². The van der Waals surface area contributed by atoms with Gasteiger partial charge >= 0.3 is 5.69 Å². The van der Waals surface area contributed by atoms with Gasteiger partial charge < -0.3 is 4.42 Å². The lowest BCUT2D eigenvalue weighted by Crippen LogP contribution is -1.98. The van der Waals surface area contributed by atoms with E-state index in [2.05, 4.69) is 28.0 Å². The van der Waals surface area contributed by atoms with Crippen LogP contribution in [0.25, 0.3) is 6.08 Å². The first-order valence-corrected chi connectivity index (χ1v) is 9.83. The Labute approximate surface area is 167 Å². The average molecular weight is 450 g/mol. The van der Waals surface area contributed by atoms with Crippen molar-refractivity contribution in [1.82, 2.24) is 9.78 Å². The molecule has 3 rings (SSSR count). The van der Waals surface area contributed by atoms with Crippen molar-refractivity contribution in [2.24, 2.45) is 0 Å². The van der Waals surface area contributed by atoms with E-state index in [1.54, 1.807) is 18.2 Å². The second kappa shape index (κ2) is 8.45. The maximum atomic E-state index is 12.3. The zero-order valence-electron chi connectivity index (χ0n) is 14.4. The van der Waals surface area contributed by atoms with Gasteiger partial charge in [0.25, 0.3) is 0 Å². The first-order valence-electron chi connectivity index (χ1n) is 8.22. The normalized spacial score (nSPS) is 11.3. The third-order valence-corrected chi connectivity index (χ3v) is 5.89. The predicted molar refractivity (Wildman–Crippen MR) is 106 cm³/mol. The third-order valence-electron chi connectivity index (χ3n) is 3.71. The zero-order valence-corrected chi connectivity index (χ0v) is 16.8. The maximum absolute atomic E-state index is 12.3. The molecule has 0 amide bonds. The first-order chi connectivity index (χ1) is 13.0. The minimum absolute atomic E-state index is 0.0724. The second-order valence-electron chi connectivity index (χ2n) is 5.79. The number of nitro groups is 1. The average Bonchev–Trinajstić information content (AvgIpc) is 3.35. The van der Waals surface area contributed by atoms with Crippen LogP contribution in [-0.4, -0.2) is 20.5 Å². The summed E-state index contributed by atoms with van der Waals surface area (Å²) in [6, 6.07) is 5.34. The Morgan fingerprint density at radius 1 is 1.48 bits per heavy atom. The molecule has 3 aromatic heterocycles. The van der Waals surface area contributed by atoms with Crippen LogP contribution in [0.4, 0.5) is 5.69 Å². The van der Waals surface area contributed by atoms with Crippen LogP contribution < -0.4 is 0 Å². The number of thiophene rings is 1. The van der Waals surface area contributed by atoms with Gasteiger partial charge in [-0.25, -0.2) is 0 Å². The fourth-order valence-corrected chi connectivity index (χ4v) is 4.32. The molecule has 0 fully saturated rings. The predicted octanol–water partition coefficient (Wildman–Crippen LogP) is 5.11. The van der Waals surface area contributed by atoms with E-state index < -0.39 is 4.92 Å². The molecule has 0 aliphatic rings. The molecule has 0 saturated heterocycles. The minimum Gasteiger partial charge on any atom is -0.460 e. The fraction of sp³-hybridized carbons (Fsp3) is 0.222. The van der Waals surface area contributed by atoms with Gasteiger partial charge in [-0.05, 0) is 52.7 Å². The second-order valence-corrected chi connectivity index (χ2v) is 7.78. The molecule has 0 bridgehead atoms. The molecular formula is C18H16BrN3O4S. The summed E-state index contributed by atoms with van der Waals surface area (Å²) < 4.78 is 8.03. The number of furan rings is 1. The van der Waals surface area contributed by atoms with E-state index in [0.29, 0.717) is 16.4 Å². The van der Waals surface area contributed by atoms with Crippen LogP contribution in [-0.2, 0) is 13.0 Å². The largest absolute Gasteiger partial charge is 0.460 e. The molecule has 3 heterocycles. The Kier molecular flexibility index (Phi) is 6.02. The number of hydrogen-bond donors (Lipinski definition) is 0. The molecule has 7 nitrogen and oxygen atoms in total. The molecule has 0 atom stereocenters. The van der Waals surface area contributed by atoms with Gasteiger partial charge in [0.1, 0.15) is 23.9 Å².